The molecule has 98 valence electrons. The molecule has 1 heterocycles. The summed E-state index contributed by atoms with van der Waals surface area (Å²) in [6.07, 6.45) is 0.901. The lowest BCUT2D eigenvalue weighted by Gasteiger charge is -2.11. The largest absolute Gasteiger partial charge is 0.488 e. The fraction of sp³-hybridized carbons (Fsp3) is 0.250. The molecule has 0 bridgehead atoms. The molecule has 0 saturated heterocycles. The molecule has 19 heavy (non-hydrogen) atoms. The van der Waals surface area contributed by atoms with Gasteiger partial charge in [-0.3, -0.25) is 0 Å². The first-order valence-electron chi connectivity index (χ1n) is 6.43. The van der Waals surface area contributed by atoms with Crippen LogP contribution in [0.25, 0.3) is 11.1 Å². The van der Waals surface area contributed by atoms with Gasteiger partial charge in [-0.25, -0.2) is 4.39 Å². The molecule has 0 spiro atoms. The van der Waals surface area contributed by atoms with Crippen LogP contribution in [-0.4, -0.2) is 12.6 Å². The zero-order chi connectivity index (χ0) is 13.4. The summed E-state index contributed by atoms with van der Waals surface area (Å²) in [5.74, 6) is 0.668. The van der Waals surface area contributed by atoms with Gasteiger partial charge >= 0.3 is 0 Å². The van der Waals surface area contributed by atoms with Gasteiger partial charge in [0.15, 0.2) is 0 Å². The number of fused-ring (bicyclic) bond motifs is 1. The molecule has 0 fully saturated rings. The maximum Gasteiger partial charge on any atom is 0.130 e. The first kappa shape index (κ1) is 12.2. The Bertz CT molecular complexity index is 607. The van der Waals surface area contributed by atoms with Gasteiger partial charge in [0.25, 0.3) is 0 Å². The molecule has 0 amide bonds. The summed E-state index contributed by atoms with van der Waals surface area (Å²) in [6, 6.07) is 10.7. The molecule has 3 heteroatoms. The highest BCUT2D eigenvalue weighted by molar-refractivity contribution is 5.74. The van der Waals surface area contributed by atoms with Gasteiger partial charge in [0.2, 0.25) is 0 Å². The summed E-state index contributed by atoms with van der Waals surface area (Å²) in [6.45, 7) is 2.57. The highest BCUT2D eigenvalue weighted by atomic mass is 19.1. The SMILES string of the molecule is Cc1cc2c(c(-c3ccc(F)cc3)c1)O[C@@H](CN)C2. The molecule has 0 aromatic heterocycles. The summed E-state index contributed by atoms with van der Waals surface area (Å²) in [7, 11) is 0. The molecule has 0 saturated carbocycles. The Labute approximate surface area is 112 Å². The maximum atomic E-state index is 13.0. The number of hydrogen-bond acceptors (Lipinski definition) is 2. The van der Waals surface area contributed by atoms with Crippen molar-refractivity contribution in [3.05, 3.63) is 53.3 Å². The van der Waals surface area contributed by atoms with Crippen molar-refractivity contribution < 1.29 is 9.13 Å². The predicted octanol–water partition coefficient (Wildman–Crippen LogP) is 3.06. The first-order valence-corrected chi connectivity index (χ1v) is 6.43. The molecular formula is C16H16FNO. The summed E-state index contributed by atoms with van der Waals surface area (Å²) in [5, 5.41) is 0. The van der Waals surface area contributed by atoms with E-state index in [9.17, 15) is 4.39 Å². The van der Waals surface area contributed by atoms with E-state index in [1.165, 1.54) is 23.3 Å². The Balaban J connectivity index is 2.10. The van der Waals surface area contributed by atoms with Crippen molar-refractivity contribution in [1.82, 2.24) is 0 Å². The molecule has 2 aromatic carbocycles. The fourth-order valence-electron chi connectivity index (χ4n) is 2.57. The lowest BCUT2D eigenvalue weighted by atomic mass is 9.98. The molecule has 2 aromatic rings. The molecule has 3 rings (SSSR count). The van der Waals surface area contributed by atoms with Crippen LogP contribution in [0.15, 0.2) is 36.4 Å². The molecule has 2 N–H and O–H groups in total. The third kappa shape index (κ3) is 2.22. The molecule has 1 aliphatic heterocycles. The van der Waals surface area contributed by atoms with Crippen LogP contribution in [0, 0.1) is 12.7 Å². The van der Waals surface area contributed by atoms with Gasteiger partial charge in [-0.1, -0.05) is 18.2 Å². The Hall–Kier alpha value is -1.87. The zero-order valence-corrected chi connectivity index (χ0v) is 10.8. The number of nitrogens with two attached hydrogens (primary N) is 1. The first-order chi connectivity index (χ1) is 9.17. The van der Waals surface area contributed by atoms with E-state index >= 15 is 0 Å². The second kappa shape index (κ2) is 4.67. The average Bonchev–Trinajstić information content (AvgIpc) is 2.81. The number of hydrogen-bond donors (Lipinski definition) is 1. The van der Waals surface area contributed by atoms with Crippen molar-refractivity contribution in [3.8, 4) is 16.9 Å². The molecule has 1 atom stereocenters. The van der Waals surface area contributed by atoms with Gasteiger partial charge in [-0.15, -0.1) is 0 Å². The third-order valence-corrected chi connectivity index (χ3v) is 3.46. The van der Waals surface area contributed by atoms with E-state index in [1.54, 1.807) is 12.1 Å². The number of ether oxygens (including phenoxy) is 1. The van der Waals surface area contributed by atoms with E-state index in [2.05, 4.69) is 19.1 Å². The lowest BCUT2D eigenvalue weighted by Crippen LogP contribution is -2.24. The van der Waals surface area contributed by atoms with E-state index < -0.39 is 0 Å². The Morgan fingerprint density at radius 1 is 1.26 bits per heavy atom. The topological polar surface area (TPSA) is 35.2 Å². The van der Waals surface area contributed by atoms with Gasteiger partial charge < -0.3 is 10.5 Å². The van der Waals surface area contributed by atoms with Crippen LogP contribution in [-0.2, 0) is 6.42 Å². The Kier molecular flexibility index (Phi) is 2.99. The smallest absolute Gasteiger partial charge is 0.130 e. The quantitative estimate of drug-likeness (QED) is 0.897. The Morgan fingerprint density at radius 2 is 2.00 bits per heavy atom. The molecule has 2 nitrogen and oxygen atoms in total. The van der Waals surface area contributed by atoms with Gasteiger partial charge in [-0.05, 0) is 41.8 Å². The maximum absolute atomic E-state index is 13.0. The van der Waals surface area contributed by atoms with E-state index in [1.807, 2.05) is 0 Å². The fourth-order valence-corrected chi connectivity index (χ4v) is 2.57. The minimum atomic E-state index is -0.228. The Morgan fingerprint density at radius 3 is 2.68 bits per heavy atom. The number of benzene rings is 2. The van der Waals surface area contributed by atoms with Crippen molar-refractivity contribution in [2.45, 2.75) is 19.4 Å². The average molecular weight is 257 g/mol. The highest BCUT2D eigenvalue weighted by Crippen LogP contribution is 2.39. The number of halogens is 1. The second-order valence-corrected chi connectivity index (χ2v) is 4.99. The van der Waals surface area contributed by atoms with Crippen molar-refractivity contribution >= 4 is 0 Å². The minimum Gasteiger partial charge on any atom is -0.488 e. The standard InChI is InChI=1S/C16H16FNO/c1-10-6-12-8-14(9-18)19-16(12)15(7-10)11-2-4-13(17)5-3-11/h2-7,14H,8-9,18H2,1H3/t14-/m1/s1. The zero-order valence-electron chi connectivity index (χ0n) is 10.8. The van der Waals surface area contributed by atoms with E-state index in [0.717, 1.165) is 23.3 Å². The number of rotatable bonds is 2. The molecule has 0 unspecified atom stereocenters. The van der Waals surface area contributed by atoms with Crippen LogP contribution in [0.1, 0.15) is 11.1 Å². The van der Waals surface area contributed by atoms with Gasteiger partial charge in [-0.2, -0.15) is 0 Å². The molecule has 0 radical (unpaired) electrons. The third-order valence-electron chi connectivity index (χ3n) is 3.46. The van der Waals surface area contributed by atoms with Crippen LogP contribution >= 0.6 is 0 Å². The van der Waals surface area contributed by atoms with Crippen LogP contribution in [0.2, 0.25) is 0 Å². The summed E-state index contributed by atoms with van der Waals surface area (Å²) in [4.78, 5) is 0. The summed E-state index contributed by atoms with van der Waals surface area (Å²) >= 11 is 0. The molecule has 0 aliphatic carbocycles. The normalized spacial score (nSPS) is 17.1. The van der Waals surface area contributed by atoms with E-state index in [0.29, 0.717) is 6.54 Å². The van der Waals surface area contributed by atoms with Gasteiger partial charge in [0.05, 0.1) is 0 Å². The second-order valence-electron chi connectivity index (χ2n) is 4.99. The van der Waals surface area contributed by atoms with Crippen molar-refractivity contribution in [2.75, 3.05) is 6.54 Å². The van der Waals surface area contributed by atoms with Crippen LogP contribution in [0.4, 0.5) is 4.39 Å². The van der Waals surface area contributed by atoms with Gasteiger partial charge in [0, 0.05) is 18.5 Å². The summed E-state index contributed by atoms with van der Waals surface area (Å²) < 4.78 is 18.9. The lowest BCUT2D eigenvalue weighted by molar-refractivity contribution is 0.242. The predicted molar refractivity (Wildman–Crippen MR) is 73.7 cm³/mol. The van der Waals surface area contributed by atoms with Crippen molar-refractivity contribution in [2.24, 2.45) is 5.73 Å². The minimum absolute atomic E-state index is 0.0519. The number of aryl methyl sites for hydroxylation is 1. The van der Waals surface area contributed by atoms with E-state index in [4.69, 9.17) is 10.5 Å². The van der Waals surface area contributed by atoms with Crippen LogP contribution in [0.3, 0.4) is 0 Å². The van der Waals surface area contributed by atoms with Gasteiger partial charge in [0.1, 0.15) is 17.7 Å². The highest BCUT2D eigenvalue weighted by Gasteiger charge is 2.25. The van der Waals surface area contributed by atoms with Crippen molar-refractivity contribution in [1.29, 1.82) is 0 Å². The molecule has 1 aliphatic rings. The summed E-state index contributed by atoms with van der Waals surface area (Å²) in [5.41, 5.74) is 10.0. The van der Waals surface area contributed by atoms with Crippen LogP contribution in [0.5, 0.6) is 5.75 Å². The monoisotopic (exact) mass is 257 g/mol. The van der Waals surface area contributed by atoms with E-state index in [-0.39, 0.29) is 11.9 Å². The molecular weight excluding hydrogens is 241 g/mol. The van der Waals surface area contributed by atoms with Crippen molar-refractivity contribution in [3.63, 3.8) is 0 Å². The van der Waals surface area contributed by atoms with Crippen LogP contribution < -0.4 is 10.5 Å².